The van der Waals surface area contributed by atoms with Crippen LogP contribution in [0.2, 0.25) is 0 Å². The SMILES string of the molecule is CC(C)[C@H](NC(=O)OCC1c2ccccc2-c2ccccc21)C(=O)N[C@@H](CCCNC(N)=O)C(=O)Nc1ccc(COC(=O)NCCOCCOCCO)cc1. The number of nitrogens with one attached hydrogen (secondary N) is 5. The number of rotatable bonds is 22. The van der Waals surface area contributed by atoms with E-state index < -0.39 is 42.1 Å². The Labute approximate surface area is 326 Å². The van der Waals surface area contributed by atoms with E-state index in [4.69, 9.17) is 29.8 Å². The number of fused-ring (bicyclic) bond motifs is 3. The Balaban J connectivity index is 1.28. The van der Waals surface area contributed by atoms with Crippen LogP contribution in [0.1, 0.15) is 49.3 Å². The standard InChI is InChI=1S/C40H52N6O10/c1-26(2)35(46-40(52)56-25-33-31-10-5-3-8-29(31)30-9-4-6-11-32(30)33)37(49)45-34(12-7-17-42-38(41)50)36(48)44-28-15-13-27(14-16-28)24-55-39(51)43-18-20-53-22-23-54-21-19-47/h3-6,8-11,13-16,26,33-35,47H,7,12,17-25H2,1-2H3,(H,43,51)(H,44,48)(H,45,49)(H,46,52)(H3,41,42,50)/t34-,35-/m0/s1. The van der Waals surface area contributed by atoms with Crippen molar-refractivity contribution < 1.29 is 48.0 Å². The van der Waals surface area contributed by atoms with E-state index in [1.54, 1.807) is 38.1 Å². The predicted octanol–water partition coefficient (Wildman–Crippen LogP) is 3.37. The Bertz CT molecular complexity index is 1710. The zero-order valence-electron chi connectivity index (χ0n) is 31.7. The lowest BCUT2D eigenvalue weighted by Crippen LogP contribution is -2.54. The number of urea groups is 1. The molecule has 16 heteroatoms. The van der Waals surface area contributed by atoms with E-state index in [-0.39, 0.29) is 64.4 Å². The number of carbonyl (C=O) groups excluding carboxylic acids is 5. The van der Waals surface area contributed by atoms with E-state index in [1.165, 1.54) is 0 Å². The van der Waals surface area contributed by atoms with Gasteiger partial charge in [0.15, 0.2) is 0 Å². The van der Waals surface area contributed by atoms with E-state index in [9.17, 15) is 24.0 Å². The summed E-state index contributed by atoms with van der Waals surface area (Å²) in [6.07, 6.45) is -0.923. The van der Waals surface area contributed by atoms with Crippen LogP contribution in [0.15, 0.2) is 72.8 Å². The third-order valence-electron chi connectivity index (χ3n) is 8.88. The first-order valence-corrected chi connectivity index (χ1v) is 18.6. The van der Waals surface area contributed by atoms with Gasteiger partial charge in [0.25, 0.3) is 0 Å². The van der Waals surface area contributed by atoms with Crippen molar-refractivity contribution >= 4 is 35.7 Å². The van der Waals surface area contributed by atoms with Crippen LogP contribution in [0.4, 0.5) is 20.1 Å². The van der Waals surface area contributed by atoms with Gasteiger partial charge in [-0.15, -0.1) is 0 Å². The monoisotopic (exact) mass is 776 g/mol. The zero-order chi connectivity index (χ0) is 40.3. The maximum atomic E-state index is 13.6. The molecule has 0 saturated heterocycles. The molecule has 2 atom stereocenters. The minimum atomic E-state index is -1.04. The third-order valence-corrected chi connectivity index (χ3v) is 8.88. The number of alkyl carbamates (subject to hydrolysis) is 2. The average molecular weight is 777 g/mol. The van der Waals surface area contributed by atoms with Crippen LogP contribution in [0.25, 0.3) is 11.1 Å². The van der Waals surface area contributed by atoms with Crippen molar-refractivity contribution in [1.29, 1.82) is 0 Å². The van der Waals surface area contributed by atoms with Gasteiger partial charge in [-0.05, 0) is 58.7 Å². The molecule has 0 bridgehead atoms. The summed E-state index contributed by atoms with van der Waals surface area (Å²) >= 11 is 0. The molecule has 56 heavy (non-hydrogen) atoms. The molecule has 3 aromatic rings. The smallest absolute Gasteiger partial charge is 0.407 e. The molecule has 4 rings (SSSR count). The number of aliphatic hydroxyl groups is 1. The minimum Gasteiger partial charge on any atom is -0.449 e. The van der Waals surface area contributed by atoms with Gasteiger partial charge in [0.2, 0.25) is 11.8 Å². The Morgan fingerprint density at radius 2 is 1.38 bits per heavy atom. The molecule has 0 fully saturated rings. The highest BCUT2D eigenvalue weighted by atomic mass is 16.6. The predicted molar refractivity (Wildman–Crippen MR) is 208 cm³/mol. The van der Waals surface area contributed by atoms with Gasteiger partial charge in [-0.1, -0.05) is 74.5 Å². The lowest BCUT2D eigenvalue weighted by atomic mass is 9.98. The maximum absolute atomic E-state index is 13.6. The highest BCUT2D eigenvalue weighted by Gasteiger charge is 2.32. The first-order chi connectivity index (χ1) is 27.1. The van der Waals surface area contributed by atoms with Gasteiger partial charge in [-0.2, -0.15) is 0 Å². The Kier molecular flexibility index (Phi) is 17.4. The molecule has 0 radical (unpaired) electrons. The van der Waals surface area contributed by atoms with Crippen molar-refractivity contribution in [3.63, 3.8) is 0 Å². The lowest BCUT2D eigenvalue weighted by Gasteiger charge is -2.25. The molecule has 0 aliphatic heterocycles. The van der Waals surface area contributed by atoms with Gasteiger partial charge in [0, 0.05) is 24.7 Å². The molecule has 0 spiro atoms. The number of benzene rings is 3. The Morgan fingerprint density at radius 1 is 0.732 bits per heavy atom. The normalized spacial score (nSPS) is 12.8. The number of nitrogens with two attached hydrogens (primary N) is 1. The molecule has 0 saturated carbocycles. The van der Waals surface area contributed by atoms with E-state index in [1.807, 2.05) is 48.5 Å². The highest BCUT2D eigenvalue weighted by Crippen LogP contribution is 2.44. The summed E-state index contributed by atoms with van der Waals surface area (Å²) in [5.41, 5.74) is 10.6. The van der Waals surface area contributed by atoms with Crippen molar-refractivity contribution in [3.8, 4) is 11.1 Å². The van der Waals surface area contributed by atoms with E-state index >= 15 is 0 Å². The molecule has 16 nitrogen and oxygen atoms in total. The molecule has 6 amide bonds. The van der Waals surface area contributed by atoms with Crippen LogP contribution >= 0.6 is 0 Å². The van der Waals surface area contributed by atoms with Crippen LogP contribution in [-0.2, 0) is 35.1 Å². The van der Waals surface area contributed by atoms with E-state index in [0.717, 1.165) is 22.3 Å². The molecule has 302 valence electrons. The summed E-state index contributed by atoms with van der Waals surface area (Å²) in [6.45, 7) is 5.12. The number of ether oxygens (including phenoxy) is 4. The number of primary amides is 1. The summed E-state index contributed by atoms with van der Waals surface area (Å²) in [7, 11) is 0. The molecule has 0 aromatic heterocycles. The van der Waals surface area contributed by atoms with Crippen molar-refractivity contribution in [2.24, 2.45) is 11.7 Å². The second-order valence-electron chi connectivity index (χ2n) is 13.3. The second kappa shape index (κ2) is 22.6. The van der Waals surface area contributed by atoms with Gasteiger partial charge in [-0.25, -0.2) is 14.4 Å². The minimum absolute atomic E-state index is 0.0191. The topological polar surface area (TPSA) is 229 Å². The molecule has 3 aromatic carbocycles. The molecular weight excluding hydrogens is 724 g/mol. The van der Waals surface area contributed by atoms with Crippen LogP contribution in [0.5, 0.6) is 0 Å². The highest BCUT2D eigenvalue weighted by molar-refractivity contribution is 5.98. The fourth-order valence-electron chi connectivity index (χ4n) is 6.08. The largest absolute Gasteiger partial charge is 0.449 e. The summed E-state index contributed by atoms with van der Waals surface area (Å²) in [5.74, 6) is -1.62. The molecule has 0 heterocycles. The summed E-state index contributed by atoms with van der Waals surface area (Å²) in [6, 6.07) is 19.8. The van der Waals surface area contributed by atoms with Gasteiger partial charge >= 0.3 is 18.2 Å². The van der Waals surface area contributed by atoms with Crippen molar-refractivity contribution in [2.75, 3.05) is 58.0 Å². The molecule has 1 aliphatic carbocycles. The fourth-order valence-corrected chi connectivity index (χ4v) is 6.08. The molecule has 1 aliphatic rings. The first-order valence-electron chi connectivity index (χ1n) is 18.6. The third kappa shape index (κ3) is 13.5. The van der Waals surface area contributed by atoms with Crippen LogP contribution in [-0.4, -0.2) is 100.0 Å². The number of carbonyl (C=O) groups is 5. The number of aliphatic hydroxyl groups excluding tert-OH is 1. The summed E-state index contributed by atoms with van der Waals surface area (Å²) in [5, 5.41) is 22.0. The summed E-state index contributed by atoms with van der Waals surface area (Å²) < 4.78 is 21.3. The number of hydrogen-bond acceptors (Lipinski definition) is 10. The summed E-state index contributed by atoms with van der Waals surface area (Å²) in [4.78, 5) is 63.5. The quantitative estimate of drug-likeness (QED) is 0.0736. The number of anilines is 1. The van der Waals surface area contributed by atoms with E-state index in [2.05, 4.69) is 26.6 Å². The van der Waals surface area contributed by atoms with Gasteiger partial charge in [-0.3, -0.25) is 9.59 Å². The van der Waals surface area contributed by atoms with E-state index in [0.29, 0.717) is 30.9 Å². The number of amides is 6. The maximum Gasteiger partial charge on any atom is 0.407 e. The fraction of sp³-hybridized carbons (Fsp3) is 0.425. The van der Waals surface area contributed by atoms with Crippen LogP contribution in [0.3, 0.4) is 0 Å². The number of hydrogen-bond donors (Lipinski definition) is 7. The lowest BCUT2D eigenvalue weighted by molar-refractivity contribution is -0.128. The van der Waals surface area contributed by atoms with Crippen LogP contribution in [0, 0.1) is 5.92 Å². The van der Waals surface area contributed by atoms with Crippen LogP contribution < -0.4 is 32.3 Å². The van der Waals surface area contributed by atoms with Crippen molar-refractivity contribution in [1.82, 2.24) is 21.3 Å². The van der Waals surface area contributed by atoms with Crippen molar-refractivity contribution in [2.45, 2.75) is 51.3 Å². The van der Waals surface area contributed by atoms with Gasteiger partial charge < -0.3 is 56.4 Å². The molecule has 0 unspecified atom stereocenters. The second-order valence-corrected chi connectivity index (χ2v) is 13.3. The Hall–Kier alpha value is -5.71. The first kappa shape index (κ1) is 43.0. The van der Waals surface area contributed by atoms with Gasteiger partial charge in [0.05, 0.1) is 33.0 Å². The molecular formula is C40H52N6O10. The molecule has 8 N–H and O–H groups in total. The Morgan fingerprint density at radius 3 is 2.00 bits per heavy atom. The average Bonchev–Trinajstić information content (AvgIpc) is 3.51. The zero-order valence-corrected chi connectivity index (χ0v) is 31.7. The van der Waals surface area contributed by atoms with Crippen molar-refractivity contribution in [3.05, 3.63) is 89.5 Å². The van der Waals surface area contributed by atoms with Gasteiger partial charge in [0.1, 0.15) is 25.3 Å².